The van der Waals surface area contributed by atoms with E-state index in [0.29, 0.717) is 5.49 Å². The lowest BCUT2D eigenvalue weighted by Crippen LogP contribution is -2.07. The number of aromatic amines is 1. The van der Waals surface area contributed by atoms with Crippen molar-refractivity contribution >= 4 is 21.6 Å². The molecule has 0 aliphatic heterocycles. The Labute approximate surface area is 132 Å². The van der Waals surface area contributed by atoms with Gasteiger partial charge in [0.1, 0.15) is 11.2 Å². The first-order chi connectivity index (χ1) is 10.1. The van der Waals surface area contributed by atoms with Crippen molar-refractivity contribution < 1.29 is 9.84 Å². The van der Waals surface area contributed by atoms with Crippen molar-refractivity contribution in [2.24, 2.45) is 4.99 Å². The van der Waals surface area contributed by atoms with Crippen molar-refractivity contribution in [3.8, 4) is 5.75 Å². The summed E-state index contributed by atoms with van der Waals surface area (Å²) in [5.74, 6) is 0.755. The maximum atomic E-state index is 9.45. The average molecular weight is 349 g/mol. The summed E-state index contributed by atoms with van der Waals surface area (Å²) in [6.07, 6.45) is 1.82. The number of pyridine rings is 1. The Morgan fingerprint density at radius 2 is 2.14 bits per heavy atom. The minimum absolute atomic E-state index is 0.0490. The van der Waals surface area contributed by atoms with Crippen molar-refractivity contribution in [1.82, 2.24) is 4.98 Å². The first kappa shape index (κ1) is 15.5. The Hall–Kier alpha value is -1.85. The van der Waals surface area contributed by atoms with Gasteiger partial charge in [-0.3, -0.25) is 0 Å². The predicted molar refractivity (Wildman–Crippen MR) is 86.7 cm³/mol. The van der Waals surface area contributed by atoms with Gasteiger partial charge in [0.2, 0.25) is 0 Å². The zero-order valence-electron chi connectivity index (χ0n) is 11.9. The fourth-order valence-corrected chi connectivity index (χ4v) is 2.09. The van der Waals surface area contributed by atoms with Gasteiger partial charge in [-0.1, -0.05) is 12.1 Å². The van der Waals surface area contributed by atoms with Crippen LogP contribution in [0.25, 0.3) is 5.70 Å². The number of rotatable bonds is 4. The zero-order valence-corrected chi connectivity index (χ0v) is 13.5. The number of methoxy groups -OCH3 is 1. The van der Waals surface area contributed by atoms with E-state index in [-0.39, 0.29) is 6.61 Å². The topological polar surface area (TPSA) is 57.6 Å². The highest BCUT2D eigenvalue weighted by molar-refractivity contribution is 9.10. The molecule has 1 heterocycles. The second-order valence-corrected chi connectivity index (χ2v) is 5.44. The summed E-state index contributed by atoms with van der Waals surface area (Å²) in [5.41, 5.74) is 3.13. The van der Waals surface area contributed by atoms with Crippen molar-refractivity contribution in [1.29, 1.82) is 0 Å². The Kier molecular flexibility index (Phi) is 5.36. The first-order valence-corrected chi connectivity index (χ1v) is 7.27. The highest BCUT2D eigenvalue weighted by Gasteiger charge is 2.06. The first-order valence-electron chi connectivity index (χ1n) is 6.48. The van der Waals surface area contributed by atoms with Crippen LogP contribution in [-0.2, 0) is 0 Å². The monoisotopic (exact) mass is 348 g/mol. The third-order valence-corrected chi connectivity index (χ3v) is 3.47. The molecule has 0 bridgehead atoms. The van der Waals surface area contributed by atoms with Crippen molar-refractivity contribution in [2.75, 3.05) is 13.7 Å². The van der Waals surface area contributed by atoms with E-state index in [0.717, 1.165) is 27.1 Å². The number of nitrogens with zero attached hydrogens (tertiary/aromatic N) is 1. The van der Waals surface area contributed by atoms with Crippen LogP contribution in [0.1, 0.15) is 12.5 Å². The van der Waals surface area contributed by atoms with Gasteiger partial charge < -0.3 is 14.8 Å². The lowest BCUT2D eigenvalue weighted by molar-refractivity contribution is 0.332. The van der Waals surface area contributed by atoms with Crippen LogP contribution in [-0.4, -0.2) is 23.8 Å². The van der Waals surface area contributed by atoms with Crippen LogP contribution < -0.4 is 10.2 Å². The third kappa shape index (κ3) is 4.06. The van der Waals surface area contributed by atoms with Gasteiger partial charge in [-0.15, -0.1) is 0 Å². The molecule has 0 saturated carbocycles. The van der Waals surface area contributed by atoms with Gasteiger partial charge in [0, 0.05) is 16.2 Å². The number of H-pyrrole nitrogens is 1. The summed E-state index contributed by atoms with van der Waals surface area (Å²) in [7, 11) is 1.63. The second kappa shape index (κ2) is 7.24. The number of benzene rings is 1. The van der Waals surface area contributed by atoms with Crippen molar-refractivity contribution in [2.45, 2.75) is 6.92 Å². The molecule has 1 aromatic heterocycles. The standard InChI is InChI=1S/C16H17BrN2O2/c1-11(10-20)16(12-4-3-5-14(8-12)21-2)19-15-7-6-13(17)9-18-15/h3-9,20H,10H2,1-2H3,(H,18,19)/b16-11+. The normalized spacial score (nSPS) is 13.0. The minimum atomic E-state index is -0.0490. The molecule has 0 saturated heterocycles. The van der Waals surface area contributed by atoms with Gasteiger partial charge >= 0.3 is 0 Å². The molecule has 4 nitrogen and oxygen atoms in total. The Morgan fingerprint density at radius 1 is 1.33 bits per heavy atom. The van der Waals surface area contributed by atoms with Gasteiger partial charge in [-0.25, -0.2) is 4.99 Å². The van der Waals surface area contributed by atoms with Crippen LogP contribution in [0.4, 0.5) is 0 Å². The summed E-state index contributed by atoms with van der Waals surface area (Å²) in [6.45, 7) is 1.81. The molecule has 0 radical (unpaired) electrons. The van der Waals surface area contributed by atoms with E-state index in [1.807, 2.05) is 49.5 Å². The van der Waals surface area contributed by atoms with E-state index < -0.39 is 0 Å². The van der Waals surface area contributed by atoms with Gasteiger partial charge in [-0.2, -0.15) is 0 Å². The lowest BCUT2D eigenvalue weighted by atomic mass is 10.1. The number of hydrogen-bond donors (Lipinski definition) is 2. The molecule has 5 heteroatoms. The SMILES string of the molecule is COc1cccc(C(/N=c2/ccc(Br)c[nH]2)=C(/C)CO)c1. The summed E-state index contributed by atoms with van der Waals surface area (Å²) < 4.78 is 6.19. The predicted octanol–water partition coefficient (Wildman–Crippen LogP) is 3.11. The van der Waals surface area contributed by atoms with Gasteiger partial charge in [-0.05, 0) is 52.7 Å². The number of halogens is 1. The van der Waals surface area contributed by atoms with E-state index >= 15 is 0 Å². The summed E-state index contributed by atoms with van der Waals surface area (Å²) in [6, 6.07) is 11.4. The highest BCUT2D eigenvalue weighted by Crippen LogP contribution is 2.23. The molecule has 0 aliphatic rings. The summed E-state index contributed by atoms with van der Waals surface area (Å²) in [4.78, 5) is 7.69. The number of hydrogen-bond acceptors (Lipinski definition) is 3. The number of nitrogens with one attached hydrogen (secondary N) is 1. The van der Waals surface area contributed by atoms with Gasteiger partial charge in [0.25, 0.3) is 0 Å². The Morgan fingerprint density at radius 3 is 2.76 bits per heavy atom. The molecular weight excluding hydrogens is 332 g/mol. The summed E-state index contributed by atoms with van der Waals surface area (Å²) in [5, 5.41) is 9.45. The molecule has 0 unspecified atom stereocenters. The Balaban J connectivity index is 2.54. The van der Waals surface area contributed by atoms with E-state index in [9.17, 15) is 5.11 Å². The quantitative estimate of drug-likeness (QED) is 0.891. The largest absolute Gasteiger partial charge is 0.497 e. The molecule has 110 valence electrons. The molecule has 0 aliphatic carbocycles. The van der Waals surface area contributed by atoms with Crippen LogP contribution in [0, 0.1) is 0 Å². The molecule has 0 atom stereocenters. The van der Waals surface area contributed by atoms with Gasteiger partial charge in [0.05, 0.1) is 19.4 Å². The smallest absolute Gasteiger partial charge is 0.130 e. The molecule has 1 aromatic carbocycles. The zero-order chi connectivity index (χ0) is 15.2. The van der Waals surface area contributed by atoms with Crippen LogP contribution >= 0.6 is 15.9 Å². The molecule has 0 fully saturated rings. The van der Waals surface area contributed by atoms with Crippen LogP contribution in [0.2, 0.25) is 0 Å². The number of ether oxygens (including phenoxy) is 1. The molecule has 2 N–H and O–H groups in total. The molecule has 2 rings (SSSR count). The maximum Gasteiger partial charge on any atom is 0.130 e. The molecule has 21 heavy (non-hydrogen) atoms. The van der Waals surface area contributed by atoms with Crippen molar-refractivity contribution in [3.05, 3.63) is 63.7 Å². The third-order valence-electron chi connectivity index (χ3n) is 2.98. The molecular formula is C16H17BrN2O2. The second-order valence-electron chi connectivity index (χ2n) is 4.52. The number of aromatic nitrogens is 1. The number of aliphatic hydroxyl groups is 1. The Bertz CT molecular complexity index is 700. The van der Waals surface area contributed by atoms with Gasteiger partial charge in [0.15, 0.2) is 0 Å². The van der Waals surface area contributed by atoms with Crippen LogP contribution in [0.3, 0.4) is 0 Å². The van der Waals surface area contributed by atoms with E-state index in [4.69, 9.17) is 4.74 Å². The van der Waals surface area contributed by atoms with E-state index in [2.05, 4.69) is 25.9 Å². The average Bonchev–Trinajstić information content (AvgIpc) is 2.53. The fourth-order valence-electron chi connectivity index (χ4n) is 1.84. The van der Waals surface area contributed by atoms with Crippen LogP contribution in [0.15, 0.2) is 57.6 Å². The minimum Gasteiger partial charge on any atom is -0.497 e. The van der Waals surface area contributed by atoms with Crippen LogP contribution in [0.5, 0.6) is 5.75 Å². The fraction of sp³-hybridized carbons (Fsp3) is 0.188. The highest BCUT2D eigenvalue weighted by atomic mass is 79.9. The number of aliphatic hydroxyl groups excluding tert-OH is 1. The van der Waals surface area contributed by atoms with Crippen molar-refractivity contribution in [3.63, 3.8) is 0 Å². The lowest BCUT2D eigenvalue weighted by Gasteiger charge is -2.08. The summed E-state index contributed by atoms with van der Waals surface area (Å²) >= 11 is 3.38. The van der Waals surface area contributed by atoms with E-state index in [1.165, 1.54) is 0 Å². The molecule has 2 aromatic rings. The maximum absolute atomic E-state index is 9.45. The van der Waals surface area contributed by atoms with E-state index in [1.54, 1.807) is 7.11 Å². The molecule has 0 amide bonds. The molecule has 0 spiro atoms.